The monoisotopic (exact) mass is 290 g/mol. The molecule has 2 heterocycles. The molecule has 0 radical (unpaired) electrons. The van der Waals surface area contributed by atoms with Gasteiger partial charge in [0.2, 0.25) is 0 Å². The molecule has 2 rings (SSSR count). The maximum atomic E-state index is 9.80. The second-order valence-corrected chi connectivity index (χ2v) is 6.20. The predicted octanol–water partition coefficient (Wildman–Crippen LogP) is 4.00. The van der Waals surface area contributed by atoms with E-state index < -0.39 is 6.10 Å². The number of nitrogens with zero attached hydrogens (tertiary/aromatic N) is 2. The summed E-state index contributed by atoms with van der Waals surface area (Å²) in [4.78, 5) is 8.06. The number of thiophene rings is 1. The van der Waals surface area contributed by atoms with Crippen LogP contribution in [-0.4, -0.2) is 16.1 Å². The zero-order valence-corrected chi connectivity index (χ0v) is 13.1. The second kappa shape index (κ2) is 6.86. The Labute approximate surface area is 124 Å². The molecule has 0 fully saturated rings. The molecule has 0 saturated carbocycles. The topological polar surface area (TPSA) is 36.4 Å². The Hall–Kier alpha value is -1.39. The fourth-order valence-corrected chi connectivity index (χ4v) is 2.82. The first-order chi connectivity index (χ1) is 9.61. The summed E-state index contributed by atoms with van der Waals surface area (Å²) in [6.07, 6.45) is 2.09. The Balaban J connectivity index is 2.17. The Morgan fingerprint density at radius 1 is 1.30 bits per heavy atom. The summed E-state index contributed by atoms with van der Waals surface area (Å²) in [5.41, 5.74) is 1.84. The van der Waals surface area contributed by atoms with Gasteiger partial charge in [0, 0.05) is 10.9 Å². The predicted molar refractivity (Wildman–Crippen MR) is 85.1 cm³/mol. The minimum atomic E-state index is -0.464. The quantitative estimate of drug-likeness (QED) is 0.873. The van der Waals surface area contributed by atoms with E-state index in [0.717, 1.165) is 17.9 Å². The molecule has 108 valence electrons. The molecule has 0 amide bonds. The zero-order chi connectivity index (χ0) is 14.5. The lowest BCUT2D eigenvalue weighted by atomic mass is 10.1. The molecule has 0 unspecified atom stereocenters. The van der Waals surface area contributed by atoms with E-state index >= 15 is 0 Å². The molecule has 4 heteroatoms. The van der Waals surface area contributed by atoms with Crippen LogP contribution < -0.4 is 4.90 Å². The van der Waals surface area contributed by atoms with Crippen molar-refractivity contribution in [1.29, 1.82) is 0 Å². The van der Waals surface area contributed by atoms with Crippen LogP contribution in [0.3, 0.4) is 0 Å². The van der Waals surface area contributed by atoms with Gasteiger partial charge in [0.1, 0.15) is 0 Å². The van der Waals surface area contributed by atoms with Gasteiger partial charge in [-0.25, -0.2) is 0 Å². The minimum absolute atomic E-state index is 0.404. The largest absolute Gasteiger partial charge is 0.387 e. The van der Waals surface area contributed by atoms with Crippen molar-refractivity contribution in [2.45, 2.75) is 45.9 Å². The maximum absolute atomic E-state index is 9.80. The van der Waals surface area contributed by atoms with Crippen LogP contribution in [0.2, 0.25) is 0 Å². The molecule has 0 spiro atoms. The van der Waals surface area contributed by atoms with Crippen molar-refractivity contribution >= 4 is 17.0 Å². The van der Waals surface area contributed by atoms with Gasteiger partial charge in [-0.05, 0) is 43.8 Å². The first-order valence-electron chi connectivity index (χ1n) is 7.04. The highest BCUT2D eigenvalue weighted by atomic mass is 32.1. The van der Waals surface area contributed by atoms with Crippen LogP contribution in [0.5, 0.6) is 0 Å². The molecule has 20 heavy (non-hydrogen) atoms. The molecular weight excluding hydrogens is 268 g/mol. The number of aliphatic hydroxyl groups is 1. The van der Waals surface area contributed by atoms with Gasteiger partial charge in [0.25, 0.3) is 0 Å². The molecule has 0 saturated heterocycles. The van der Waals surface area contributed by atoms with Crippen LogP contribution in [0.1, 0.15) is 43.9 Å². The number of aromatic nitrogens is 1. The Kier molecular flexibility index (Phi) is 5.15. The lowest BCUT2D eigenvalue weighted by Crippen LogP contribution is -2.29. The van der Waals surface area contributed by atoms with Crippen molar-refractivity contribution in [1.82, 2.24) is 4.98 Å². The molecule has 0 aliphatic heterocycles. The van der Waals surface area contributed by atoms with Gasteiger partial charge in [0.15, 0.2) is 0 Å². The van der Waals surface area contributed by atoms with Crippen molar-refractivity contribution in [2.75, 3.05) is 4.90 Å². The molecule has 2 aromatic heterocycles. The molecule has 3 nitrogen and oxygen atoms in total. The highest BCUT2D eigenvalue weighted by molar-refractivity contribution is 7.09. The van der Waals surface area contributed by atoms with Crippen molar-refractivity contribution in [3.8, 4) is 0 Å². The standard InChI is InChI=1S/C16H22N2OS/c1-4-16(19)15-8-7-13(10-17-15)18(12(2)3)11-14-6-5-9-20-14/h5-10,12,16,19H,4,11H2,1-3H3/t16-/m1/s1. The third-order valence-electron chi connectivity index (χ3n) is 3.36. The number of pyridine rings is 1. The van der Waals surface area contributed by atoms with Crippen molar-refractivity contribution in [3.05, 3.63) is 46.4 Å². The van der Waals surface area contributed by atoms with E-state index in [4.69, 9.17) is 0 Å². The van der Waals surface area contributed by atoms with Gasteiger partial charge in [-0.3, -0.25) is 4.98 Å². The van der Waals surface area contributed by atoms with Crippen molar-refractivity contribution in [3.63, 3.8) is 0 Å². The van der Waals surface area contributed by atoms with Gasteiger partial charge < -0.3 is 10.0 Å². The van der Waals surface area contributed by atoms with E-state index in [9.17, 15) is 5.11 Å². The van der Waals surface area contributed by atoms with E-state index in [0.29, 0.717) is 12.5 Å². The summed E-state index contributed by atoms with van der Waals surface area (Å²) in [5.74, 6) is 0. The number of anilines is 1. The third-order valence-corrected chi connectivity index (χ3v) is 4.22. The van der Waals surface area contributed by atoms with Gasteiger partial charge in [-0.2, -0.15) is 0 Å². The SMILES string of the molecule is CC[C@@H](O)c1ccc(N(Cc2cccs2)C(C)C)cn1. The summed E-state index contributed by atoms with van der Waals surface area (Å²) in [6, 6.07) is 8.61. The lowest BCUT2D eigenvalue weighted by Gasteiger charge is -2.28. The van der Waals surface area contributed by atoms with Crippen molar-refractivity contribution in [2.24, 2.45) is 0 Å². The van der Waals surface area contributed by atoms with Crippen LogP contribution in [-0.2, 0) is 6.54 Å². The van der Waals surface area contributed by atoms with Crippen LogP contribution in [0, 0.1) is 0 Å². The first kappa shape index (κ1) is 15.0. The van der Waals surface area contributed by atoms with E-state index in [-0.39, 0.29) is 0 Å². The maximum Gasteiger partial charge on any atom is 0.0957 e. The Morgan fingerprint density at radius 2 is 2.10 bits per heavy atom. The lowest BCUT2D eigenvalue weighted by molar-refractivity contribution is 0.169. The molecular formula is C16H22N2OS. The summed E-state index contributed by atoms with van der Waals surface area (Å²) >= 11 is 1.77. The van der Waals surface area contributed by atoms with Gasteiger partial charge in [-0.15, -0.1) is 11.3 Å². The Bertz CT molecular complexity index is 508. The summed E-state index contributed by atoms with van der Waals surface area (Å²) < 4.78 is 0. The van der Waals surface area contributed by atoms with Crippen molar-refractivity contribution < 1.29 is 5.11 Å². The fraction of sp³-hybridized carbons (Fsp3) is 0.438. The molecule has 1 N–H and O–H groups in total. The number of hydrogen-bond acceptors (Lipinski definition) is 4. The highest BCUT2D eigenvalue weighted by Gasteiger charge is 2.13. The average Bonchev–Trinajstić information content (AvgIpc) is 2.97. The summed E-state index contributed by atoms with van der Waals surface area (Å²) in [7, 11) is 0. The van der Waals surface area contributed by atoms with Gasteiger partial charge in [-0.1, -0.05) is 13.0 Å². The summed E-state index contributed by atoms with van der Waals surface area (Å²) in [5, 5.41) is 11.9. The minimum Gasteiger partial charge on any atom is -0.387 e. The number of aliphatic hydroxyl groups excluding tert-OH is 1. The highest BCUT2D eigenvalue weighted by Crippen LogP contribution is 2.23. The Morgan fingerprint density at radius 3 is 2.60 bits per heavy atom. The molecule has 1 atom stereocenters. The molecule has 2 aromatic rings. The van der Waals surface area contributed by atoms with Gasteiger partial charge >= 0.3 is 0 Å². The molecule has 0 aliphatic carbocycles. The molecule has 0 aromatic carbocycles. The van der Waals surface area contributed by atoms with Crippen LogP contribution >= 0.6 is 11.3 Å². The van der Waals surface area contributed by atoms with Crippen LogP contribution in [0.15, 0.2) is 35.8 Å². The number of hydrogen-bond donors (Lipinski definition) is 1. The van der Waals surface area contributed by atoms with Crippen LogP contribution in [0.4, 0.5) is 5.69 Å². The first-order valence-corrected chi connectivity index (χ1v) is 7.92. The van der Waals surface area contributed by atoms with E-state index in [1.165, 1.54) is 4.88 Å². The second-order valence-electron chi connectivity index (χ2n) is 5.17. The summed E-state index contributed by atoms with van der Waals surface area (Å²) in [6.45, 7) is 7.22. The van der Waals surface area contributed by atoms with E-state index in [1.807, 2.05) is 19.2 Å². The number of rotatable bonds is 6. The zero-order valence-electron chi connectivity index (χ0n) is 12.3. The smallest absolute Gasteiger partial charge is 0.0957 e. The average molecular weight is 290 g/mol. The van der Waals surface area contributed by atoms with E-state index in [2.05, 4.69) is 47.3 Å². The van der Waals surface area contributed by atoms with Crippen LogP contribution in [0.25, 0.3) is 0 Å². The van der Waals surface area contributed by atoms with Gasteiger partial charge in [0.05, 0.1) is 30.2 Å². The molecule has 0 bridgehead atoms. The van der Waals surface area contributed by atoms with E-state index in [1.54, 1.807) is 11.3 Å². The normalized spacial score (nSPS) is 12.7. The molecule has 0 aliphatic rings. The third kappa shape index (κ3) is 3.58. The fourth-order valence-electron chi connectivity index (χ4n) is 2.12.